The Balaban J connectivity index is 2.99. The van der Waals surface area contributed by atoms with Crippen LogP contribution in [0.3, 0.4) is 0 Å². The first-order valence-corrected chi connectivity index (χ1v) is 5.76. The maximum absolute atomic E-state index is 4.47. The van der Waals surface area contributed by atoms with Crippen LogP contribution in [0.2, 0.25) is 0 Å². The summed E-state index contributed by atoms with van der Waals surface area (Å²) in [6.07, 6.45) is 3.81. The molecule has 0 radical (unpaired) electrons. The number of rotatable bonds is 1. The molecule has 5 nitrogen and oxygen atoms in total. The molecule has 0 atom stereocenters. The van der Waals surface area contributed by atoms with E-state index in [4.69, 9.17) is 0 Å². The molecule has 0 amide bonds. The van der Waals surface area contributed by atoms with E-state index in [0.29, 0.717) is 5.62 Å². The van der Waals surface area contributed by atoms with Gasteiger partial charge >= 0.3 is 0 Å². The van der Waals surface area contributed by atoms with Gasteiger partial charge in [-0.2, -0.15) is 0 Å². The van der Waals surface area contributed by atoms with Crippen molar-refractivity contribution in [2.75, 3.05) is 13.3 Å². The average molecular weight is 223 g/mol. The van der Waals surface area contributed by atoms with Gasteiger partial charge in [0.05, 0.1) is 6.33 Å². The Morgan fingerprint density at radius 1 is 1.40 bits per heavy atom. The maximum Gasteiger partial charge on any atom is 0.227 e. The van der Waals surface area contributed by atoms with E-state index >= 15 is 0 Å². The van der Waals surface area contributed by atoms with Crippen LogP contribution in [0.15, 0.2) is 16.3 Å². The molecule has 0 aliphatic carbocycles. The Morgan fingerprint density at radius 2 is 2.13 bits per heavy atom. The average Bonchev–Trinajstić information content (AvgIpc) is 2.63. The van der Waals surface area contributed by atoms with Crippen LogP contribution in [0.1, 0.15) is 0 Å². The largest absolute Gasteiger partial charge is 0.330 e. The zero-order valence-electron chi connectivity index (χ0n) is 9.22. The van der Waals surface area contributed by atoms with Gasteiger partial charge in [0.2, 0.25) is 5.62 Å². The van der Waals surface area contributed by atoms with Crippen molar-refractivity contribution in [3.63, 3.8) is 0 Å². The Bertz CT molecular complexity index is 566. The van der Waals surface area contributed by atoms with Crippen LogP contribution in [0, 0.1) is 0 Å². The first kappa shape index (κ1) is 10.2. The molecule has 0 bridgehead atoms. The van der Waals surface area contributed by atoms with E-state index in [-0.39, 0.29) is 0 Å². The van der Waals surface area contributed by atoms with Gasteiger partial charge in [-0.1, -0.05) is 0 Å². The van der Waals surface area contributed by atoms with Crippen LogP contribution in [-0.4, -0.2) is 32.4 Å². The van der Waals surface area contributed by atoms with Crippen molar-refractivity contribution in [2.45, 2.75) is 5.03 Å². The molecule has 0 unspecified atom stereocenters. The lowest BCUT2D eigenvalue weighted by Crippen LogP contribution is -2.23. The minimum absolute atomic E-state index is 0.700. The van der Waals surface area contributed by atoms with Crippen LogP contribution in [-0.2, 0) is 14.1 Å². The van der Waals surface area contributed by atoms with Gasteiger partial charge in [0.15, 0.2) is 5.65 Å². The number of hydrogen-bond donors (Lipinski definition) is 0. The maximum atomic E-state index is 4.47. The highest BCUT2D eigenvalue weighted by atomic mass is 32.2. The van der Waals surface area contributed by atoms with E-state index in [0.717, 1.165) is 16.2 Å². The molecule has 0 N–H and O–H groups in total. The van der Waals surface area contributed by atoms with Gasteiger partial charge in [0.25, 0.3) is 0 Å². The normalized spacial score (nSPS) is 12.7. The number of nitrogens with zero attached hydrogens (tertiary/aromatic N) is 5. The zero-order valence-corrected chi connectivity index (χ0v) is 10.0. The summed E-state index contributed by atoms with van der Waals surface area (Å²) in [6.45, 7) is 0. The summed E-state index contributed by atoms with van der Waals surface area (Å²) in [5.74, 6) is 0. The Hall–Kier alpha value is -1.30. The fraction of sp³-hybridized carbons (Fsp3) is 0.444. The molecule has 6 heteroatoms. The van der Waals surface area contributed by atoms with Crippen molar-refractivity contribution >= 4 is 22.9 Å². The quantitative estimate of drug-likeness (QED) is 0.524. The standard InChI is InChI=1S/C9H13N5S/c1-10-9-12-8(15-4)6-7(14(9)3)11-5-13(6)2/h5H,1-4H3. The SMILES string of the molecule is CN=c1nc(SC)c2c(ncn2C)n1C. The predicted molar refractivity (Wildman–Crippen MR) is 60.7 cm³/mol. The highest BCUT2D eigenvalue weighted by molar-refractivity contribution is 7.98. The van der Waals surface area contributed by atoms with Gasteiger partial charge < -0.3 is 4.57 Å². The number of thioether (sulfide) groups is 1. The Labute approximate surface area is 91.9 Å². The lowest BCUT2D eigenvalue weighted by molar-refractivity contribution is 0.775. The van der Waals surface area contributed by atoms with Crippen molar-refractivity contribution in [3.8, 4) is 0 Å². The number of aromatic nitrogens is 4. The lowest BCUT2D eigenvalue weighted by Gasteiger charge is -2.05. The summed E-state index contributed by atoms with van der Waals surface area (Å²) in [5, 5.41) is 0.962. The van der Waals surface area contributed by atoms with Crippen LogP contribution < -0.4 is 5.62 Å². The summed E-state index contributed by atoms with van der Waals surface area (Å²) in [6, 6.07) is 0. The molecule has 2 heterocycles. The van der Waals surface area contributed by atoms with Gasteiger partial charge in [0, 0.05) is 21.1 Å². The molecule has 80 valence electrons. The molecule has 0 saturated heterocycles. The molecule has 0 aliphatic heterocycles. The first-order valence-electron chi connectivity index (χ1n) is 4.54. The number of fused-ring (bicyclic) bond motifs is 1. The fourth-order valence-corrected chi connectivity index (χ4v) is 2.17. The van der Waals surface area contributed by atoms with Gasteiger partial charge in [-0.15, -0.1) is 11.8 Å². The van der Waals surface area contributed by atoms with E-state index in [1.165, 1.54) is 0 Å². The van der Waals surface area contributed by atoms with Crippen molar-refractivity contribution in [2.24, 2.45) is 19.1 Å². The molecular formula is C9H13N5S. The topological polar surface area (TPSA) is 48.0 Å². The molecule has 0 saturated carbocycles. The Kier molecular flexibility index (Phi) is 2.52. The lowest BCUT2D eigenvalue weighted by atomic mass is 10.5. The minimum Gasteiger partial charge on any atom is -0.330 e. The highest BCUT2D eigenvalue weighted by Crippen LogP contribution is 2.20. The number of imidazole rings is 1. The highest BCUT2D eigenvalue weighted by Gasteiger charge is 2.10. The second-order valence-corrected chi connectivity index (χ2v) is 4.03. The molecule has 0 fully saturated rings. The van der Waals surface area contributed by atoms with E-state index in [9.17, 15) is 0 Å². The molecule has 2 aromatic rings. The van der Waals surface area contributed by atoms with E-state index in [1.54, 1.807) is 25.1 Å². The van der Waals surface area contributed by atoms with Crippen LogP contribution in [0.25, 0.3) is 11.2 Å². The molecular weight excluding hydrogens is 210 g/mol. The van der Waals surface area contributed by atoms with Gasteiger partial charge in [-0.3, -0.25) is 9.56 Å². The molecule has 0 spiro atoms. The fourth-order valence-electron chi connectivity index (χ4n) is 1.57. The molecule has 0 aliphatic rings. The van der Waals surface area contributed by atoms with E-state index in [1.807, 2.05) is 29.5 Å². The van der Waals surface area contributed by atoms with Crippen LogP contribution in [0.4, 0.5) is 0 Å². The van der Waals surface area contributed by atoms with Crippen molar-refractivity contribution in [1.82, 2.24) is 19.1 Å². The summed E-state index contributed by atoms with van der Waals surface area (Å²) in [4.78, 5) is 12.9. The van der Waals surface area contributed by atoms with Gasteiger partial charge in [0.1, 0.15) is 10.5 Å². The Morgan fingerprint density at radius 3 is 2.73 bits per heavy atom. The van der Waals surface area contributed by atoms with Gasteiger partial charge in [-0.25, -0.2) is 9.97 Å². The van der Waals surface area contributed by atoms with Crippen LogP contribution >= 0.6 is 11.8 Å². The van der Waals surface area contributed by atoms with Crippen molar-refractivity contribution < 1.29 is 0 Å². The second kappa shape index (κ2) is 3.69. The molecule has 2 aromatic heterocycles. The van der Waals surface area contributed by atoms with E-state index < -0.39 is 0 Å². The minimum atomic E-state index is 0.700. The smallest absolute Gasteiger partial charge is 0.227 e. The molecule has 15 heavy (non-hydrogen) atoms. The third-order valence-electron chi connectivity index (χ3n) is 2.33. The summed E-state index contributed by atoms with van der Waals surface area (Å²) in [5.41, 5.74) is 2.67. The van der Waals surface area contributed by atoms with Crippen molar-refractivity contribution in [1.29, 1.82) is 0 Å². The number of aryl methyl sites for hydroxylation is 2. The monoisotopic (exact) mass is 223 g/mol. The third-order valence-corrected chi connectivity index (χ3v) is 3.00. The van der Waals surface area contributed by atoms with E-state index in [2.05, 4.69) is 15.0 Å². The summed E-state index contributed by atoms with van der Waals surface area (Å²) >= 11 is 1.61. The van der Waals surface area contributed by atoms with Crippen molar-refractivity contribution in [3.05, 3.63) is 11.9 Å². The van der Waals surface area contributed by atoms with Crippen LogP contribution in [0.5, 0.6) is 0 Å². The predicted octanol–water partition coefficient (Wildman–Crippen LogP) is 0.559. The number of hydrogen-bond acceptors (Lipinski definition) is 4. The molecule has 2 rings (SSSR count). The second-order valence-electron chi connectivity index (χ2n) is 3.23. The third kappa shape index (κ3) is 1.45. The first-order chi connectivity index (χ1) is 7.19. The zero-order chi connectivity index (χ0) is 11.0. The molecule has 0 aromatic carbocycles. The van der Waals surface area contributed by atoms with Gasteiger partial charge in [-0.05, 0) is 6.26 Å². The summed E-state index contributed by atoms with van der Waals surface area (Å²) < 4.78 is 3.88. The summed E-state index contributed by atoms with van der Waals surface area (Å²) in [7, 11) is 5.63.